The van der Waals surface area contributed by atoms with Gasteiger partial charge in [-0.1, -0.05) is 20.8 Å². The Hall–Kier alpha value is -1.06. The topological polar surface area (TPSA) is 40.6 Å². The zero-order valence-electron chi connectivity index (χ0n) is 12.6. The predicted octanol–water partition coefficient (Wildman–Crippen LogP) is 2.03. The lowest BCUT2D eigenvalue weighted by atomic mass is 9.89. The number of hydrogen-bond acceptors (Lipinski definition) is 2. The van der Waals surface area contributed by atoms with Crippen LogP contribution in [0.4, 0.5) is 0 Å². The van der Waals surface area contributed by atoms with Gasteiger partial charge in [0.2, 0.25) is 11.8 Å². The molecular weight excluding hydrogens is 240 g/mol. The quantitative estimate of drug-likeness (QED) is 0.784. The molecular formula is C15H26N2O2. The number of piperazine rings is 1. The number of nitrogens with zero attached hydrogens (tertiary/aromatic N) is 2. The number of carbonyl (C=O) groups excluding carboxylic acids is 2. The van der Waals surface area contributed by atoms with Crippen LogP contribution in [0.15, 0.2) is 0 Å². The van der Waals surface area contributed by atoms with Gasteiger partial charge in [0, 0.05) is 12.6 Å². The SMILES string of the molecule is CCC(C)N1C(=O)C2CCCCN2C(=O)C1C(C)C. The molecule has 3 atom stereocenters. The van der Waals surface area contributed by atoms with Crippen LogP contribution < -0.4 is 0 Å². The summed E-state index contributed by atoms with van der Waals surface area (Å²) in [4.78, 5) is 29.2. The van der Waals surface area contributed by atoms with Crippen molar-refractivity contribution >= 4 is 11.8 Å². The number of rotatable bonds is 3. The summed E-state index contributed by atoms with van der Waals surface area (Å²) in [5.41, 5.74) is 0. The van der Waals surface area contributed by atoms with Gasteiger partial charge >= 0.3 is 0 Å². The third-order valence-corrected chi connectivity index (χ3v) is 4.58. The molecule has 4 nitrogen and oxygen atoms in total. The first kappa shape index (κ1) is 14.4. The summed E-state index contributed by atoms with van der Waals surface area (Å²) in [6.45, 7) is 8.96. The highest BCUT2D eigenvalue weighted by Crippen LogP contribution is 2.30. The smallest absolute Gasteiger partial charge is 0.246 e. The molecule has 4 heteroatoms. The van der Waals surface area contributed by atoms with Crippen molar-refractivity contribution in [1.29, 1.82) is 0 Å². The molecule has 0 aliphatic carbocycles. The molecule has 2 fully saturated rings. The molecule has 0 spiro atoms. The van der Waals surface area contributed by atoms with E-state index in [0.717, 1.165) is 32.2 Å². The maximum atomic E-state index is 12.8. The first-order chi connectivity index (χ1) is 8.99. The summed E-state index contributed by atoms with van der Waals surface area (Å²) in [5.74, 6) is 0.514. The van der Waals surface area contributed by atoms with Crippen LogP contribution in [0.5, 0.6) is 0 Å². The largest absolute Gasteiger partial charge is 0.329 e. The Morgan fingerprint density at radius 1 is 1.16 bits per heavy atom. The first-order valence-electron chi connectivity index (χ1n) is 7.61. The van der Waals surface area contributed by atoms with E-state index >= 15 is 0 Å². The summed E-state index contributed by atoms with van der Waals surface area (Å²) in [7, 11) is 0. The van der Waals surface area contributed by atoms with Crippen LogP contribution >= 0.6 is 0 Å². The summed E-state index contributed by atoms with van der Waals surface area (Å²) in [6.07, 6.45) is 3.82. The normalized spacial score (nSPS) is 29.7. The van der Waals surface area contributed by atoms with E-state index in [0.29, 0.717) is 0 Å². The van der Waals surface area contributed by atoms with Gasteiger partial charge in [0.1, 0.15) is 12.1 Å². The van der Waals surface area contributed by atoms with Crippen molar-refractivity contribution in [2.24, 2.45) is 5.92 Å². The van der Waals surface area contributed by atoms with E-state index in [2.05, 4.69) is 13.8 Å². The van der Waals surface area contributed by atoms with Crippen LogP contribution in [0.3, 0.4) is 0 Å². The van der Waals surface area contributed by atoms with Crippen LogP contribution in [0.1, 0.15) is 53.4 Å². The Bertz CT molecular complexity index is 367. The maximum absolute atomic E-state index is 12.8. The molecule has 2 aliphatic rings. The van der Waals surface area contributed by atoms with Crippen LogP contribution in [-0.2, 0) is 9.59 Å². The van der Waals surface area contributed by atoms with Crippen LogP contribution in [0, 0.1) is 5.92 Å². The average molecular weight is 266 g/mol. The second-order valence-electron chi connectivity index (χ2n) is 6.23. The molecule has 2 aliphatic heterocycles. The monoisotopic (exact) mass is 266 g/mol. The van der Waals surface area contributed by atoms with Gasteiger partial charge in [-0.2, -0.15) is 0 Å². The van der Waals surface area contributed by atoms with E-state index < -0.39 is 0 Å². The molecule has 2 heterocycles. The second-order valence-corrected chi connectivity index (χ2v) is 6.23. The highest BCUT2D eigenvalue weighted by atomic mass is 16.2. The minimum atomic E-state index is -0.267. The van der Waals surface area contributed by atoms with Crippen molar-refractivity contribution in [3.8, 4) is 0 Å². The van der Waals surface area contributed by atoms with Gasteiger partial charge in [0.15, 0.2) is 0 Å². The Morgan fingerprint density at radius 2 is 1.84 bits per heavy atom. The fourth-order valence-electron chi connectivity index (χ4n) is 3.34. The third-order valence-electron chi connectivity index (χ3n) is 4.58. The Labute approximate surface area is 116 Å². The highest BCUT2D eigenvalue weighted by Gasteiger charge is 2.48. The molecule has 3 unspecified atom stereocenters. The molecule has 2 amide bonds. The number of amides is 2. The number of hydrogen-bond donors (Lipinski definition) is 0. The number of fused-ring (bicyclic) bond motifs is 1. The third kappa shape index (κ3) is 2.37. The minimum absolute atomic E-state index is 0.146. The van der Waals surface area contributed by atoms with Gasteiger partial charge in [-0.25, -0.2) is 0 Å². The number of carbonyl (C=O) groups is 2. The van der Waals surface area contributed by atoms with Crippen molar-refractivity contribution < 1.29 is 9.59 Å². The fourth-order valence-corrected chi connectivity index (χ4v) is 3.34. The van der Waals surface area contributed by atoms with Crippen molar-refractivity contribution in [3.05, 3.63) is 0 Å². The molecule has 2 saturated heterocycles. The molecule has 0 saturated carbocycles. The van der Waals surface area contributed by atoms with E-state index in [1.165, 1.54) is 0 Å². The van der Waals surface area contributed by atoms with Gasteiger partial charge in [-0.15, -0.1) is 0 Å². The van der Waals surface area contributed by atoms with Gasteiger partial charge in [0.05, 0.1) is 0 Å². The molecule has 0 aromatic carbocycles. The summed E-state index contributed by atoms with van der Waals surface area (Å²) < 4.78 is 0. The maximum Gasteiger partial charge on any atom is 0.246 e. The van der Waals surface area contributed by atoms with E-state index in [-0.39, 0.29) is 35.9 Å². The molecule has 108 valence electrons. The molecule has 0 aromatic rings. The number of piperidine rings is 1. The molecule has 0 bridgehead atoms. The standard InChI is InChI=1S/C15H26N2O2/c1-5-11(4)17-13(10(2)3)15(19)16-9-7-6-8-12(16)14(17)18/h10-13H,5-9H2,1-4H3. The lowest BCUT2D eigenvalue weighted by Crippen LogP contribution is -2.68. The van der Waals surface area contributed by atoms with Crippen LogP contribution in [-0.4, -0.2) is 46.3 Å². The van der Waals surface area contributed by atoms with E-state index in [9.17, 15) is 9.59 Å². The Morgan fingerprint density at radius 3 is 2.42 bits per heavy atom. The molecule has 19 heavy (non-hydrogen) atoms. The first-order valence-corrected chi connectivity index (χ1v) is 7.61. The zero-order chi connectivity index (χ0) is 14.2. The van der Waals surface area contributed by atoms with E-state index in [1.807, 2.05) is 23.6 Å². The van der Waals surface area contributed by atoms with Crippen molar-refractivity contribution in [1.82, 2.24) is 9.80 Å². The van der Waals surface area contributed by atoms with Gasteiger partial charge in [0.25, 0.3) is 0 Å². The van der Waals surface area contributed by atoms with Crippen molar-refractivity contribution in [3.63, 3.8) is 0 Å². The summed E-state index contributed by atoms with van der Waals surface area (Å²) in [5, 5.41) is 0. The molecule has 0 radical (unpaired) electrons. The minimum Gasteiger partial charge on any atom is -0.329 e. The van der Waals surface area contributed by atoms with Crippen molar-refractivity contribution in [2.75, 3.05) is 6.54 Å². The van der Waals surface area contributed by atoms with E-state index in [1.54, 1.807) is 0 Å². The molecule has 0 aromatic heterocycles. The second kappa shape index (κ2) is 5.51. The van der Waals surface area contributed by atoms with Gasteiger partial charge in [-0.3, -0.25) is 9.59 Å². The Kier molecular flexibility index (Phi) is 4.16. The van der Waals surface area contributed by atoms with Crippen LogP contribution in [0.25, 0.3) is 0 Å². The summed E-state index contributed by atoms with van der Waals surface area (Å²) in [6, 6.07) is -0.310. The van der Waals surface area contributed by atoms with E-state index in [4.69, 9.17) is 0 Å². The molecule has 2 rings (SSSR count). The predicted molar refractivity (Wildman–Crippen MR) is 74.6 cm³/mol. The average Bonchev–Trinajstić information content (AvgIpc) is 2.41. The lowest BCUT2D eigenvalue weighted by Gasteiger charge is -2.50. The lowest BCUT2D eigenvalue weighted by molar-refractivity contribution is -0.168. The van der Waals surface area contributed by atoms with Crippen molar-refractivity contribution in [2.45, 2.75) is 71.5 Å². The van der Waals surface area contributed by atoms with Crippen LogP contribution in [0.2, 0.25) is 0 Å². The zero-order valence-corrected chi connectivity index (χ0v) is 12.6. The highest BCUT2D eigenvalue weighted by molar-refractivity contribution is 5.97. The van der Waals surface area contributed by atoms with Gasteiger partial charge < -0.3 is 9.80 Å². The summed E-state index contributed by atoms with van der Waals surface area (Å²) >= 11 is 0. The van der Waals surface area contributed by atoms with Gasteiger partial charge in [-0.05, 0) is 38.5 Å². The Balaban J connectivity index is 2.34. The fraction of sp³-hybridized carbons (Fsp3) is 0.867. The molecule has 0 N–H and O–H groups in total.